The number of aliphatic hydroxyl groups is 1. The lowest BCUT2D eigenvalue weighted by atomic mass is 9.76. The zero-order valence-electron chi connectivity index (χ0n) is 12.8. The molecule has 112 valence electrons. The van der Waals surface area contributed by atoms with E-state index >= 15 is 0 Å². The van der Waals surface area contributed by atoms with Crippen molar-refractivity contribution in [2.75, 3.05) is 13.1 Å². The van der Waals surface area contributed by atoms with Crippen LogP contribution in [0, 0.1) is 12.3 Å². The highest BCUT2D eigenvalue weighted by molar-refractivity contribution is 5.13. The van der Waals surface area contributed by atoms with E-state index in [-0.39, 0.29) is 11.5 Å². The van der Waals surface area contributed by atoms with Crippen molar-refractivity contribution in [3.05, 3.63) is 17.2 Å². The van der Waals surface area contributed by atoms with E-state index in [1.807, 2.05) is 0 Å². The highest BCUT2D eigenvalue weighted by Crippen LogP contribution is 2.45. The number of aromatic nitrogens is 2. The van der Waals surface area contributed by atoms with E-state index in [1.54, 1.807) is 0 Å². The lowest BCUT2D eigenvalue weighted by Gasteiger charge is -2.42. The second-order valence-electron chi connectivity index (χ2n) is 6.69. The first-order valence-corrected chi connectivity index (χ1v) is 8.08. The number of aliphatic hydroxyl groups excluding tert-OH is 1. The van der Waals surface area contributed by atoms with Gasteiger partial charge < -0.3 is 10.1 Å². The van der Waals surface area contributed by atoms with Crippen molar-refractivity contribution < 1.29 is 5.11 Å². The molecule has 4 nitrogen and oxygen atoms in total. The molecule has 2 atom stereocenters. The van der Waals surface area contributed by atoms with Crippen LogP contribution in [0.5, 0.6) is 0 Å². The van der Waals surface area contributed by atoms with E-state index in [2.05, 4.69) is 23.7 Å². The Labute approximate surface area is 121 Å². The van der Waals surface area contributed by atoms with Crippen LogP contribution >= 0.6 is 0 Å². The van der Waals surface area contributed by atoms with Crippen LogP contribution in [-0.2, 0) is 13.0 Å². The Balaban J connectivity index is 1.69. The van der Waals surface area contributed by atoms with Gasteiger partial charge in [-0.1, -0.05) is 13.3 Å². The Morgan fingerprint density at radius 1 is 1.40 bits per heavy atom. The number of nitrogens with one attached hydrogen (secondary N) is 1. The number of nitrogens with zero attached hydrogens (tertiary/aromatic N) is 2. The molecule has 2 aliphatic rings. The Kier molecular flexibility index (Phi) is 3.87. The van der Waals surface area contributed by atoms with Crippen LogP contribution < -0.4 is 0 Å². The molecule has 1 aliphatic heterocycles. The zero-order chi connectivity index (χ0) is 14.2. The minimum absolute atomic E-state index is 0.0863. The lowest BCUT2D eigenvalue weighted by Crippen LogP contribution is -2.46. The van der Waals surface area contributed by atoms with Crippen molar-refractivity contribution in [1.29, 1.82) is 0 Å². The first-order chi connectivity index (χ1) is 9.63. The van der Waals surface area contributed by atoms with Crippen LogP contribution in [0.25, 0.3) is 0 Å². The molecule has 1 saturated heterocycles. The molecule has 0 aromatic carbocycles. The fourth-order valence-electron chi connectivity index (χ4n) is 4.09. The smallest absolute Gasteiger partial charge is 0.106 e. The van der Waals surface area contributed by atoms with Crippen LogP contribution in [0.3, 0.4) is 0 Å². The third kappa shape index (κ3) is 2.51. The molecule has 2 fully saturated rings. The molecule has 1 aromatic heterocycles. The highest BCUT2D eigenvalue weighted by atomic mass is 16.3. The molecule has 2 heterocycles. The molecular formula is C16H27N3O. The SMILES string of the molecule is CCc1nc(CN2CCC[C@]3(CCC[C@H]3O)C2)c(C)[nH]1. The molecule has 0 amide bonds. The molecule has 0 bridgehead atoms. The molecule has 1 saturated carbocycles. The molecular weight excluding hydrogens is 250 g/mol. The van der Waals surface area contributed by atoms with Gasteiger partial charge in [0.05, 0.1) is 11.8 Å². The number of hydrogen-bond donors (Lipinski definition) is 2. The van der Waals surface area contributed by atoms with Crippen LogP contribution in [0.2, 0.25) is 0 Å². The average Bonchev–Trinajstić information content (AvgIpc) is 2.95. The topological polar surface area (TPSA) is 52.1 Å². The fraction of sp³-hybridized carbons (Fsp3) is 0.812. The largest absolute Gasteiger partial charge is 0.393 e. The fourth-order valence-corrected chi connectivity index (χ4v) is 4.09. The number of hydrogen-bond acceptors (Lipinski definition) is 3. The van der Waals surface area contributed by atoms with E-state index in [9.17, 15) is 5.11 Å². The van der Waals surface area contributed by atoms with Crippen LogP contribution in [-0.4, -0.2) is 39.2 Å². The monoisotopic (exact) mass is 277 g/mol. The molecule has 4 heteroatoms. The van der Waals surface area contributed by atoms with Crippen molar-refractivity contribution in [2.24, 2.45) is 5.41 Å². The summed E-state index contributed by atoms with van der Waals surface area (Å²) in [6.07, 6.45) is 6.67. The van der Waals surface area contributed by atoms with E-state index in [0.717, 1.165) is 38.3 Å². The third-order valence-corrected chi connectivity index (χ3v) is 5.29. The minimum Gasteiger partial charge on any atom is -0.393 e. The zero-order valence-corrected chi connectivity index (χ0v) is 12.8. The number of piperidine rings is 1. The summed E-state index contributed by atoms with van der Waals surface area (Å²) in [7, 11) is 0. The summed E-state index contributed by atoms with van der Waals surface area (Å²) >= 11 is 0. The Morgan fingerprint density at radius 2 is 2.20 bits per heavy atom. The third-order valence-electron chi connectivity index (χ3n) is 5.29. The van der Waals surface area contributed by atoms with Crippen molar-refractivity contribution in [3.8, 4) is 0 Å². The Bertz CT molecular complexity index is 470. The number of aromatic amines is 1. The van der Waals surface area contributed by atoms with Gasteiger partial charge in [-0.15, -0.1) is 0 Å². The lowest BCUT2D eigenvalue weighted by molar-refractivity contribution is -0.0123. The van der Waals surface area contributed by atoms with Gasteiger partial charge in [0.2, 0.25) is 0 Å². The molecule has 1 aromatic rings. The Hall–Kier alpha value is -0.870. The maximum atomic E-state index is 10.3. The normalized spacial score (nSPS) is 31.2. The summed E-state index contributed by atoms with van der Waals surface area (Å²) in [6.45, 7) is 7.36. The van der Waals surface area contributed by atoms with Gasteiger partial charge in [0.15, 0.2) is 0 Å². The summed E-state index contributed by atoms with van der Waals surface area (Å²) in [5.41, 5.74) is 2.57. The van der Waals surface area contributed by atoms with E-state index in [1.165, 1.54) is 37.1 Å². The van der Waals surface area contributed by atoms with Gasteiger partial charge in [0.1, 0.15) is 5.82 Å². The summed E-state index contributed by atoms with van der Waals surface area (Å²) in [5, 5.41) is 10.3. The van der Waals surface area contributed by atoms with Gasteiger partial charge in [-0.3, -0.25) is 4.90 Å². The van der Waals surface area contributed by atoms with Crippen LogP contribution in [0.4, 0.5) is 0 Å². The van der Waals surface area contributed by atoms with E-state index < -0.39 is 0 Å². The predicted octanol–water partition coefficient (Wildman–Crippen LogP) is 2.41. The van der Waals surface area contributed by atoms with Crippen molar-refractivity contribution in [1.82, 2.24) is 14.9 Å². The van der Waals surface area contributed by atoms with Gasteiger partial charge in [-0.05, 0) is 39.2 Å². The first kappa shape index (κ1) is 14.1. The number of aryl methyl sites for hydroxylation is 2. The molecule has 0 unspecified atom stereocenters. The summed E-state index contributed by atoms with van der Waals surface area (Å²) in [5.74, 6) is 1.09. The summed E-state index contributed by atoms with van der Waals surface area (Å²) < 4.78 is 0. The molecule has 2 N–H and O–H groups in total. The maximum Gasteiger partial charge on any atom is 0.106 e. The van der Waals surface area contributed by atoms with Gasteiger partial charge >= 0.3 is 0 Å². The predicted molar refractivity (Wildman–Crippen MR) is 79.5 cm³/mol. The molecule has 20 heavy (non-hydrogen) atoms. The highest BCUT2D eigenvalue weighted by Gasteiger charge is 2.44. The first-order valence-electron chi connectivity index (χ1n) is 8.08. The molecule has 3 rings (SSSR count). The molecule has 0 radical (unpaired) electrons. The maximum absolute atomic E-state index is 10.3. The standard InChI is InChI=1S/C16H27N3O/c1-3-15-17-12(2)13(18-15)10-19-9-5-8-16(11-19)7-4-6-14(16)20/h14,20H,3-11H2,1-2H3,(H,17,18)/t14-,16-/m1/s1. The second kappa shape index (κ2) is 5.49. The van der Waals surface area contributed by atoms with Gasteiger partial charge in [0, 0.05) is 30.6 Å². The van der Waals surface area contributed by atoms with Crippen LogP contribution in [0.15, 0.2) is 0 Å². The number of rotatable bonds is 3. The van der Waals surface area contributed by atoms with Gasteiger partial charge in [-0.25, -0.2) is 4.98 Å². The van der Waals surface area contributed by atoms with E-state index in [4.69, 9.17) is 4.98 Å². The second-order valence-corrected chi connectivity index (χ2v) is 6.69. The summed E-state index contributed by atoms with van der Waals surface area (Å²) in [4.78, 5) is 10.6. The van der Waals surface area contributed by atoms with Gasteiger partial charge in [-0.2, -0.15) is 0 Å². The quantitative estimate of drug-likeness (QED) is 0.892. The average molecular weight is 277 g/mol. The summed E-state index contributed by atoms with van der Waals surface area (Å²) in [6, 6.07) is 0. The van der Waals surface area contributed by atoms with Crippen LogP contribution in [0.1, 0.15) is 56.2 Å². The molecule has 1 aliphatic carbocycles. The number of imidazole rings is 1. The minimum atomic E-state index is -0.0863. The van der Waals surface area contributed by atoms with Crippen molar-refractivity contribution in [3.63, 3.8) is 0 Å². The Morgan fingerprint density at radius 3 is 2.85 bits per heavy atom. The molecule has 1 spiro atoms. The number of likely N-dealkylation sites (tertiary alicyclic amines) is 1. The van der Waals surface area contributed by atoms with Crippen molar-refractivity contribution >= 4 is 0 Å². The van der Waals surface area contributed by atoms with Crippen molar-refractivity contribution in [2.45, 2.75) is 65.0 Å². The van der Waals surface area contributed by atoms with E-state index in [0.29, 0.717) is 0 Å². The number of H-pyrrole nitrogens is 1. The van der Waals surface area contributed by atoms with Gasteiger partial charge in [0.25, 0.3) is 0 Å².